The molecule has 22 heavy (non-hydrogen) atoms. The number of aryl methyl sites for hydroxylation is 1. The highest BCUT2D eigenvalue weighted by molar-refractivity contribution is 7.09. The topological polar surface area (TPSA) is 85.5 Å². The van der Waals surface area contributed by atoms with Gasteiger partial charge in [-0.3, -0.25) is 14.5 Å². The van der Waals surface area contributed by atoms with Crippen LogP contribution in [0.25, 0.3) is 11.3 Å². The van der Waals surface area contributed by atoms with Gasteiger partial charge >= 0.3 is 0 Å². The van der Waals surface area contributed by atoms with E-state index >= 15 is 0 Å². The summed E-state index contributed by atoms with van der Waals surface area (Å²) in [6.07, 6.45) is -0.640. The Morgan fingerprint density at radius 1 is 1.50 bits per heavy atom. The van der Waals surface area contributed by atoms with E-state index in [-0.39, 0.29) is 12.5 Å². The van der Waals surface area contributed by atoms with Crippen LogP contribution in [-0.4, -0.2) is 29.4 Å². The Morgan fingerprint density at radius 3 is 2.91 bits per heavy atom. The number of fused-ring (bicyclic) bond motifs is 1. The van der Waals surface area contributed by atoms with Gasteiger partial charge in [-0.2, -0.15) is 0 Å². The Hall–Kier alpha value is -2.41. The smallest absolute Gasteiger partial charge is 0.268 e. The molecule has 1 atom stereocenters. The fourth-order valence-corrected chi connectivity index (χ4v) is 3.00. The van der Waals surface area contributed by atoms with Crippen LogP contribution in [-0.2, 0) is 9.59 Å². The fraction of sp³-hybridized carbons (Fsp3) is 0.267. The molecule has 0 bridgehead atoms. The van der Waals surface area contributed by atoms with Gasteiger partial charge in [-0.15, -0.1) is 11.3 Å². The van der Waals surface area contributed by atoms with E-state index in [1.54, 1.807) is 30.4 Å². The van der Waals surface area contributed by atoms with E-state index in [2.05, 4.69) is 4.98 Å². The quantitative estimate of drug-likeness (QED) is 0.934. The number of hydrogen-bond acceptors (Lipinski definition) is 5. The Labute approximate surface area is 131 Å². The van der Waals surface area contributed by atoms with Gasteiger partial charge in [0.05, 0.1) is 16.4 Å². The number of carbonyl (C=O) groups is 2. The summed E-state index contributed by atoms with van der Waals surface area (Å²) in [5, 5.41) is 2.91. The standard InChI is InChI=1S/C15H15N3O3S/c1-8-15(20)18(6-14(16)19)12-5-10(3-4-13(12)21-8)11-7-22-9(2)17-11/h3-5,7-8H,6H2,1-2H3,(H2,16,19). The molecule has 2 heterocycles. The molecule has 1 aromatic carbocycles. The van der Waals surface area contributed by atoms with Gasteiger partial charge in [0.1, 0.15) is 12.3 Å². The van der Waals surface area contributed by atoms with Crippen molar-refractivity contribution in [2.45, 2.75) is 20.0 Å². The first-order valence-corrected chi connectivity index (χ1v) is 7.66. The number of nitrogens with two attached hydrogens (primary N) is 1. The van der Waals surface area contributed by atoms with Crippen molar-refractivity contribution in [1.82, 2.24) is 4.98 Å². The average molecular weight is 317 g/mol. The predicted molar refractivity (Wildman–Crippen MR) is 83.9 cm³/mol. The van der Waals surface area contributed by atoms with Crippen molar-refractivity contribution < 1.29 is 14.3 Å². The molecule has 1 aromatic heterocycles. The summed E-state index contributed by atoms with van der Waals surface area (Å²) in [4.78, 5) is 29.3. The fourth-order valence-electron chi connectivity index (χ4n) is 2.38. The van der Waals surface area contributed by atoms with Crippen LogP contribution in [0.2, 0.25) is 0 Å². The molecule has 6 nitrogen and oxygen atoms in total. The molecule has 0 saturated carbocycles. The van der Waals surface area contributed by atoms with Crippen molar-refractivity contribution in [2.24, 2.45) is 5.73 Å². The number of rotatable bonds is 3. The number of thiazole rings is 1. The largest absolute Gasteiger partial charge is 0.479 e. The summed E-state index contributed by atoms with van der Waals surface area (Å²) in [7, 11) is 0. The lowest BCUT2D eigenvalue weighted by Crippen LogP contribution is -2.47. The Morgan fingerprint density at radius 2 is 2.27 bits per heavy atom. The van der Waals surface area contributed by atoms with Crippen LogP contribution in [0, 0.1) is 6.92 Å². The van der Waals surface area contributed by atoms with Gasteiger partial charge in [0.15, 0.2) is 6.10 Å². The third-order valence-corrected chi connectivity index (χ3v) is 4.17. The molecule has 3 rings (SSSR count). The maximum atomic E-state index is 12.3. The van der Waals surface area contributed by atoms with E-state index < -0.39 is 12.0 Å². The number of aromatic nitrogens is 1. The molecule has 0 aliphatic carbocycles. The van der Waals surface area contributed by atoms with Crippen molar-refractivity contribution in [3.63, 3.8) is 0 Å². The minimum Gasteiger partial charge on any atom is -0.479 e. The van der Waals surface area contributed by atoms with Gasteiger partial charge < -0.3 is 10.5 Å². The van der Waals surface area contributed by atoms with E-state index in [4.69, 9.17) is 10.5 Å². The number of nitrogens with zero attached hydrogens (tertiary/aromatic N) is 2. The molecule has 0 spiro atoms. The van der Waals surface area contributed by atoms with Gasteiger partial charge in [-0.25, -0.2) is 4.98 Å². The third-order valence-electron chi connectivity index (χ3n) is 3.40. The highest BCUT2D eigenvalue weighted by atomic mass is 32.1. The molecule has 2 N–H and O–H groups in total. The number of benzene rings is 1. The molecule has 2 aromatic rings. The predicted octanol–water partition coefficient (Wildman–Crippen LogP) is 1.72. The van der Waals surface area contributed by atoms with Crippen LogP contribution in [0.4, 0.5) is 5.69 Å². The highest BCUT2D eigenvalue weighted by Crippen LogP contribution is 2.37. The first-order valence-electron chi connectivity index (χ1n) is 6.78. The molecule has 0 fully saturated rings. The summed E-state index contributed by atoms with van der Waals surface area (Å²) in [6, 6.07) is 5.48. The second-order valence-corrected chi connectivity index (χ2v) is 6.15. The number of primary amides is 1. The van der Waals surface area contributed by atoms with E-state index in [9.17, 15) is 9.59 Å². The van der Waals surface area contributed by atoms with Gasteiger partial charge in [-0.05, 0) is 32.0 Å². The van der Waals surface area contributed by atoms with Crippen LogP contribution >= 0.6 is 11.3 Å². The van der Waals surface area contributed by atoms with E-state index in [1.165, 1.54) is 4.90 Å². The van der Waals surface area contributed by atoms with Crippen LogP contribution in [0.15, 0.2) is 23.6 Å². The van der Waals surface area contributed by atoms with E-state index in [1.807, 2.05) is 18.4 Å². The number of hydrogen-bond donors (Lipinski definition) is 1. The van der Waals surface area contributed by atoms with Crippen molar-refractivity contribution in [2.75, 3.05) is 11.4 Å². The van der Waals surface area contributed by atoms with Gasteiger partial charge in [0.2, 0.25) is 5.91 Å². The van der Waals surface area contributed by atoms with Crippen molar-refractivity contribution in [3.8, 4) is 17.0 Å². The molecular weight excluding hydrogens is 302 g/mol. The summed E-state index contributed by atoms with van der Waals surface area (Å²) in [6.45, 7) is 3.41. The Bertz CT molecular complexity index is 756. The lowest BCUT2D eigenvalue weighted by molar-refractivity contribution is -0.127. The second kappa shape index (κ2) is 5.42. The Balaban J connectivity index is 2.06. The van der Waals surface area contributed by atoms with Gasteiger partial charge in [-0.1, -0.05) is 0 Å². The normalized spacial score (nSPS) is 17.1. The van der Waals surface area contributed by atoms with Gasteiger partial charge in [0, 0.05) is 10.9 Å². The molecular formula is C15H15N3O3S. The third kappa shape index (κ3) is 2.55. The summed E-state index contributed by atoms with van der Waals surface area (Å²) >= 11 is 1.55. The zero-order valence-corrected chi connectivity index (χ0v) is 13.0. The summed E-state index contributed by atoms with van der Waals surface area (Å²) < 4.78 is 5.59. The summed E-state index contributed by atoms with van der Waals surface area (Å²) in [5.74, 6) is -0.287. The monoisotopic (exact) mass is 317 g/mol. The van der Waals surface area contributed by atoms with Crippen molar-refractivity contribution in [1.29, 1.82) is 0 Å². The number of amides is 2. The van der Waals surface area contributed by atoms with Crippen molar-refractivity contribution in [3.05, 3.63) is 28.6 Å². The molecule has 0 radical (unpaired) electrons. The molecule has 1 unspecified atom stereocenters. The first kappa shape index (κ1) is 14.5. The second-order valence-electron chi connectivity index (χ2n) is 5.09. The molecule has 114 valence electrons. The lowest BCUT2D eigenvalue weighted by atomic mass is 10.1. The molecule has 2 amide bonds. The lowest BCUT2D eigenvalue weighted by Gasteiger charge is -2.32. The van der Waals surface area contributed by atoms with E-state index in [0.29, 0.717) is 11.4 Å². The zero-order chi connectivity index (χ0) is 15.9. The minimum absolute atomic E-state index is 0.168. The average Bonchev–Trinajstić information content (AvgIpc) is 2.90. The van der Waals surface area contributed by atoms with E-state index in [0.717, 1.165) is 16.3 Å². The SMILES string of the molecule is Cc1nc(-c2ccc3c(c2)N(CC(N)=O)C(=O)C(C)O3)cs1. The number of ether oxygens (including phenoxy) is 1. The molecule has 1 aliphatic rings. The number of anilines is 1. The van der Waals surface area contributed by atoms with Gasteiger partial charge in [0.25, 0.3) is 5.91 Å². The first-order chi connectivity index (χ1) is 10.5. The van der Waals surface area contributed by atoms with Crippen LogP contribution in [0.5, 0.6) is 5.75 Å². The Kier molecular flexibility index (Phi) is 3.58. The minimum atomic E-state index is -0.640. The molecule has 7 heteroatoms. The van der Waals surface area contributed by atoms with Crippen molar-refractivity contribution >= 4 is 28.8 Å². The molecule has 1 aliphatic heterocycles. The maximum absolute atomic E-state index is 12.3. The summed E-state index contributed by atoms with van der Waals surface area (Å²) in [5.41, 5.74) is 7.50. The number of carbonyl (C=O) groups excluding carboxylic acids is 2. The maximum Gasteiger partial charge on any atom is 0.268 e. The van der Waals surface area contributed by atoms with Crippen LogP contribution in [0.1, 0.15) is 11.9 Å². The zero-order valence-electron chi connectivity index (χ0n) is 12.2. The highest BCUT2D eigenvalue weighted by Gasteiger charge is 2.32. The molecule has 0 saturated heterocycles. The van der Waals surface area contributed by atoms with Crippen LogP contribution < -0.4 is 15.4 Å². The van der Waals surface area contributed by atoms with Crippen LogP contribution in [0.3, 0.4) is 0 Å².